The maximum Gasteiger partial charge on any atom is 0.317 e. The summed E-state index contributed by atoms with van der Waals surface area (Å²) in [6, 6.07) is 8.00. The van der Waals surface area contributed by atoms with Gasteiger partial charge in [-0.05, 0) is 64.7 Å². The summed E-state index contributed by atoms with van der Waals surface area (Å²) in [6.07, 6.45) is 4.02. The molecule has 1 aliphatic rings. The van der Waals surface area contributed by atoms with Crippen LogP contribution in [0.4, 0.5) is 4.79 Å². The molecule has 0 bridgehead atoms. The predicted octanol–water partition coefficient (Wildman–Crippen LogP) is 3.58. The Morgan fingerprint density at radius 2 is 1.76 bits per heavy atom. The van der Waals surface area contributed by atoms with Gasteiger partial charge in [0.25, 0.3) is 0 Å². The lowest BCUT2D eigenvalue weighted by molar-refractivity contribution is 0.146. The number of aryl methyl sites for hydroxylation is 1. The number of amides is 2. The number of nitrogens with one attached hydrogen (secondary N) is 3. The van der Waals surface area contributed by atoms with Crippen LogP contribution in [0.15, 0.2) is 24.3 Å². The third-order valence-corrected chi connectivity index (χ3v) is 4.46. The van der Waals surface area contributed by atoms with Crippen LogP contribution in [0.25, 0.3) is 0 Å². The number of ether oxygens (including phenoxy) is 1. The van der Waals surface area contributed by atoms with Gasteiger partial charge in [-0.2, -0.15) is 0 Å². The summed E-state index contributed by atoms with van der Waals surface area (Å²) in [6.45, 7) is 11.0. The molecule has 0 spiro atoms. The molecule has 0 aromatic heterocycles. The van der Waals surface area contributed by atoms with Crippen molar-refractivity contribution in [3.05, 3.63) is 29.8 Å². The number of hydrogen-bond donors (Lipinski definition) is 3. The molecule has 2 rings (SSSR count). The fraction of sp³-hybridized carbons (Fsp3) is 0.650. The summed E-state index contributed by atoms with van der Waals surface area (Å²) < 4.78 is 5.60. The molecule has 5 heteroatoms. The van der Waals surface area contributed by atoms with E-state index in [1.807, 2.05) is 12.1 Å². The molecule has 1 saturated heterocycles. The largest absolute Gasteiger partial charge is 0.473 e. The Morgan fingerprint density at radius 3 is 2.32 bits per heavy atom. The molecule has 1 aromatic rings. The lowest BCUT2D eigenvalue weighted by atomic mass is 9.80. The number of carbonyl (C=O) groups excluding carboxylic acids is 1. The average molecular weight is 348 g/mol. The number of piperidine rings is 1. The van der Waals surface area contributed by atoms with Gasteiger partial charge in [0.2, 0.25) is 0 Å². The van der Waals surface area contributed by atoms with E-state index in [9.17, 15) is 4.79 Å². The Bertz CT molecular complexity index is 551. The van der Waals surface area contributed by atoms with Gasteiger partial charge >= 0.3 is 6.03 Å². The summed E-state index contributed by atoms with van der Waals surface area (Å²) in [5.74, 6) is 0.768. The first kappa shape index (κ1) is 19.6. The zero-order valence-corrected chi connectivity index (χ0v) is 16.2. The quantitative estimate of drug-likeness (QED) is 0.689. The van der Waals surface area contributed by atoms with E-state index < -0.39 is 0 Å². The van der Waals surface area contributed by atoms with Crippen molar-refractivity contribution in [1.82, 2.24) is 16.0 Å². The van der Waals surface area contributed by atoms with E-state index in [4.69, 9.17) is 4.74 Å². The van der Waals surface area contributed by atoms with Crippen LogP contribution >= 0.6 is 0 Å². The summed E-state index contributed by atoms with van der Waals surface area (Å²) in [5, 5.41) is 9.47. The molecule has 1 heterocycles. The maximum atomic E-state index is 12.1. The number of urea groups is 1. The van der Waals surface area contributed by atoms with Crippen LogP contribution < -0.4 is 20.7 Å². The topological polar surface area (TPSA) is 62.4 Å². The molecule has 0 saturated carbocycles. The molecule has 3 N–H and O–H groups in total. The van der Waals surface area contributed by atoms with Crippen molar-refractivity contribution >= 4 is 6.03 Å². The summed E-state index contributed by atoms with van der Waals surface area (Å²) in [7, 11) is 0. The molecule has 0 aliphatic carbocycles. The number of benzene rings is 1. The normalized spacial score (nSPS) is 19.2. The minimum absolute atomic E-state index is 0.0103. The molecule has 5 nitrogen and oxygen atoms in total. The second-order valence-corrected chi connectivity index (χ2v) is 8.33. The predicted molar refractivity (Wildman–Crippen MR) is 102 cm³/mol. The molecule has 1 fully saturated rings. The van der Waals surface area contributed by atoms with Crippen molar-refractivity contribution in [3.63, 3.8) is 0 Å². The van der Waals surface area contributed by atoms with Crippen LogP contribution in [-0.2, 0) is 6.42 Å². The summed E-state index contributed by atoms with van der Waals surface area (Å²) in [4.78, 5) is 12.1. The van der Waals surface area contributed by atoms with E-state index >= 15 is 0 Å². The van der Waals surface area contributed by atoms with E-state index in [-0.39, 0.29) is 29.9 Å². The number of hydrogen-bond acceptors (Lipinski definition) is 3. The first-order chi connectivity index (χ1) is 11.7. The van der Waals surface area contributed by atoms with E-state index in [2.05, 4.69) is 62.7 Å². The molecule has 140 valence electrons. The zero-order valence-electron chi connectivity index (χ0n) is 16.2. The van der Waals surface area contributed by atoms with Gasteiger partial charge in [0.1, 0.15) is 5.75 Å². The maximum absolute atomic E-state index is 12.1. The molecular formula is C20H33N3O2. The fourth-order valence-electron chi connectivity index (χ4n) is 3.89. The van der Waals surface area contributed by atoms with Crippen molar-refractivity contribution in [2.45, 2.75) is 77.4 Å². The third-order valence-electron chi connectivity index (χ3n) is 4.46. The Labute approximate surface area is 151 Å². The monoisotopic (exact) mass is 347 g/mol. The van der Waals surface area contributed by atoms with Crippen LogP contribution in [0.3, 0.4) is 0 Å². The minimum atomic E-state index is -0.180. The molecule has 25 heavy (non-hydrogen) atoms. The van der Waals surface area contributed by atoms with Crippen molar-refractivity contribution in [2.75, 3.05) is 6.73 Å². The fourth-order valence-corrected chi connectivity index (χ4v) is 3.89. The summed E-state index contributed by atoms with van der Waals surface area (Å²) in [5.41, 5.74) is 1.32. The first-order valence-corrected chi connectivity index (χ1v) is 9.24. The molecular weight excluding hydrogens is 314 g/mol. The van der Waals surface area contributed by atoms with Gasteiger partial charge in [-0.3, -0.25) is 0 Å². The highest BCUT2D eigenvalue weighted by Crippen LogP contribution is 2.28. The van der Waals surface area contributed by atoms with E-state index in [0.29, 0.717) is 0 Å². The van der Waals surface area contributed by atoms with E-state index in [0.717, 1.165) is 31.4 Å². The van der Waals surface area contributed by atoms with Crippen LogP contribution in [0.5, 0.6) is 5.75 Å². The second kappa shape index (κ2) is 8.09. The highest BCUT2D eigenvalue weighted by molar-refractivity contribution is 5.74. The van der Waals surface area contributed by atoms with Gasteiger partial charge in [0, 0.05) is 17.1 Å². The zero-order chi connectivity index (χ0) is 18.5. The average Bonchev–Trinajstić information content (AvgIpc) is 2.46. The Balaban J connectivity index is 1.75. The molecule has 1 aliphatic heterocycles. The van der Waals surface area contributed by atoms with Gasteiger partial charge in [0.05, 0.1) is 0 Å². The second-order valence-electron chi connectivity index (χ2n) is 8.33. The Morgan fingerprint density at radius 1 is 1.16 bits per heavy atom. The number of rotatable bonds is 6. The lowest BCUT2D eigenvalue weighted by Gasteiger charge is -2.46. The molecule has 0 atom stereocenters. The smallest absolute Gasteiger partial charge is 0.317 e. The van der Waals surface area contributed by atoms with Crippen molar-refractivity contribution in [1.29, 1.82) is 0 Å². The first-order valence-electron chi connectivity index (χ1n) is 9.24. The third kappa shape index (κ3) is 6.58. The molecule has 1 aromatic carbocycles. The van der Waals surface area contributed by atoms with Crippen LogP contribution in [-0.4, -0.2) is 29.9 Å². The van der Waals surface area contributed by atoms with Crippen LogP contribution in [0, 0.1) is 0 Å². The van der Waals surface area contributed by atoms with Gasteiger partial charge in [-0.1, -0.05) is 25.5 Å². The highest BCUT2D eigenvalue weighted by atomic mass is 16.5. The van der Waals surface area contributed by atoms with Crippen molar-refractivity contribution in [2.24, 2.45) is 0 Å². The minimum Gasteiger partial charge on any atom is -0.473 e. The Kier molecular flexibility index (Phi) is 6.33. The van der Waals surface area contributed by atoms with Gasteiger partial charge in [-0.15, -0.1) is 0 Å². The van der Waals surface area contributed by atoms with Crippen molar-refractivity contribution < 1.29 is 9.53 Å². The standard InChI is InChI=1S/C20H33N3O2/c1-6-7-15-8-10-17(11-9-15)25-14-21-18(24)22-16-12-19(2,3)23-20(4,5)13-16/h8-11,16,23H,6-7,12-14H2,1-5H3,(H2,21,22,24). The van der Waals surface area contributed by atoms with Crippen LogP contribution in [0.2, 0.25) is 0 Å². The van der Waals surface area contributed by atoms with Gasteiger partial charge < -0.3 is 20.7 Å². The molecule has 0 unspecified atom stereocenters. The van der Waals surface area contributed by atoms with Gasteiger partial charge in [-0.25, -0.2) is 4.79 Å². The van der Waals surface area contributed by atoms with Crippen LogP contribution in [0.1, 0.15) is 59.4 Å². The van der Waals surface area contributed by atoms with E-state index in [1.165, 1.54) is 5.56 Å². The highest BCUT2D eigenvalue weighted by Gasteiger charge is 2.38. The summed E-state index contributed by atoms with van der Waals surface area (Å²) >= 11 is 0. The SMILES string of the molecule is CCCc1ccc(OCNC(=O)NC2CC(C)(C)NC(C)(C)C2)cc1. The van der Waals surface area contributed by atoms with E-state index in [1.54, 1.807) is 0 Å². The number of carbonyl (C=O) groups is 1. The van der Waals surface area contributed by atoms with Gasteiger partial charge in [0.15, 0.2) is 6.73 Å². The lowest BCUT2D eigenvalue weighted by Crippen LogP contribution is -2.62. The van der Waals surface area contributed by atoms with Crippen molar-refractivity contribution in [3.8, 4) is 5.75 Å². The molecule has 2 amide bonds. The Hall–Kier alpha value is -1.75. The molecule has 0 radical (unpaired) electrons.